The first-order valence-corrected chi connectivity index (χ1v) is 7.30. The molecule has 1 heterocycles. The Morgan fingerprint density at radius 3 is 2.29 bits per heavy atom. The third kappa shape index (κ3) is 4.41. The molecule has 17 heavy (non-hydrogen) atoms. The van der Waals surface area contributed by atoms with E-state index in [0.717, 1.165) is 6.54 Å². The molecule has 3 heteroatoms. The van der Waals surface area contributed by atoms with Gasteiger partial charge in [0, 0.05) is 17.5 Å². The van der Waals surface area contributed by atoms with Gasteiger partial charge in [-0.05, 0) is 29.2 Å². The quantitative estimate of drug-likeness (QED) is 0.784. The third-order valence-electron chi connectivity index (χ3n) is 3.32. The van der Waals surface area contributed by atoms with Gasteiger partial charge in [0.1, 0.15) is 0 Å². The topological polar surface area (TPSA) is 32.3 Å². The van der Waals surface area contributed by atoms with Crippen molar-refractivity contribution < 1.29 is 5.11 Å². The van der Waals surface area contributed by atoms with Gasteiger partial charge in [-0.2, -0.15) is 0 Å². The van der Waals surface area contributed by atoms with Crippen molar-refractivity contribution in [2.24, 2.45) is 17.8 Å². The lowest BCUT2D eigenvalue weighted by atomic mass is 9.80. The molecular weight excluding hydrogens is 230 g/mol. The van der Waals surface area contributed by atoms with Gasteiger partial charge in [0.15, 0.2) is 0 Å². The Hall–Kier alpha value is -0.380. The Kier molecular flexibility index (Phi) is 6.17. The molecule has 0 fully saturated rings. The molecule has 0 saturated carbocycles. The van der Waals surface area contributed by atoms with Crippen LogP contribution in [0.15, 0.2) is 17.5 Å². The van der Waals surface area contributed by atoms with Gasteiger partial charge in [-0.3, -0.25) is 0 Å². The number of thiophene rings is 1. The summed E-state index contributed by atoms with van der Waals surface area (Å²) in [4.78, 5) is 1.33. The first-order valence-electron chi connectivity index (χ1n) is 6.42. The lowest BCUT2D eigenvalue weighted by molar-refractivity contribution is 0.137. The molecule has 1 unspecified atom stereocenters. The zero-order valence-corrected chi connectivity index (χ0v) is 12.1. The predicted octanol–water partition coefficient (Wildman–Crippen LogP) is 3.13. The van der Waals surface area contributed by atoms with Crippen molar-refractivity contribution in [1.29, 1.82) is 0 Å². The molecule has 0 aromatic carbocycles. The Bertz CT molecular complexity index is 287. The van der Waals surface area contributed by atoms with Crippen LogP contribution in [-0.2, 0) is 6.54 Å². The van der Waals surface area contributed by atoms with Crippen LogP contribution in [0, 0.1) is 17.8 Å². The highest BCUT2D eigenvalue weighted by atomic mass is 32.1. The molecule has 2 N–H and O–H groups in total. The monoisotopic (exact) mass is 255 g/mol. The fraction of sp³-hybridized carbons (Fsp3) is 0.714. The Balaban J connectivity index is 2.56. The summed E-state index contributed by atoms with van der Waals surface area (Å²) in [5.74, 6) is 1.69. The van der Waals surface area contributed by atoms with Gasteiger partial charge in [-0.1, -0.05) is 33.8 Å². The first-order chi connectivity index (χ1) is 8.06. The van der Waals surface area contributed by atoms with E-state index in [2.05, 4.69) is 50.5 Å². The lowest BCUT2D eigenvalue weighted by Crippen LogP contribution is -2.43. The molecular formula is C14H25NOS. The van der Waals surface area contributed by atoms with E-state index in [1.165, 1.54) is 4.88 Å². The van der Waals surface area contributed by atoms with Crippen LogP contribution in [0.5, 0.6) is 0 Å². The molecule has 1 aromatic heterocycles. The molecule has 2 nitrogen and oxygen atoms in total. The van der Waals surface area contributed by atoms with Crippen LogP contribution in [-0.4, -0.2) is 17.8 Å². The highest BCUT2D eigenvalue weighted by Crippen LogP contribution is 2.24. The molecule has 1 aromatic rings. The zero-order chi connectivity index (χ0) is 12.8. The molecule has 1 atom stereocenters. The SMILES string of the molecule is CC(C)C(C(C)C)C(CO)NCc1cccs1. The van der Waals surface area contributed by atoms with Crippen LogP contribution in [0.25, 0.3) is 0 Å². The molecule has 0 radical (unpaired) electrons. The standard InChI is InChI=1S/C14H25NOS/c1-10(2)14(11(3)4)13(9-16)15-8-12-6-5-7-17-12/h5-7,10-11,13-16H,8-9H2,1-4H3. The molecule has 0 spiro atoms. The van der Waals surface area contributed by atoms with Gasteiger partial charge in [-0.15, -0.1) is 11.3 Å². The molecule has 0 aliphatic heterocycles. The fourth-order valence-corrected chi connectivity index (χ4v) is 3.32. The molecule has 1 rings (SSSR count). The second-order valence-corrected chi connectivity index (χ2v) is 6.35. The van der Waals surface area contributed by atoms with Crippen LogP contribution >= 0.6 is 11.3 Å². The van der Waals surface area contributed by atoms with Crippen molar-refractivity contribution in [2.75, 3.05) is 6.61 Å². The van der Waals surface area contributed by atoms with E-state index in [-0.39, 0.29) is 12.6 Å². The summed E-state index contributed by atoms with van der Waals surface area (Å²) in [5.41, 5.74) is 0. The molecule has 0 aliphatic rings. The minimum absolute atomic E-state index is 0.192. The van der Waals surface area contributed by atoms with Crippen LogP contribution in [0.3, 0.4) is 0 Å². The minimum atomic E-state index is 0.192. The van der Waals surface area contributed by atoms with Crippen molar-refractivity contribution in [1.82, 2.24) is 5.32 Å². The van der Waals surface area contributed by atoms with Gasteiger partial charge < -0.3 is 10.4 Å². The average molecular weight is 255 g/mol. The lowest BCUT2D eigenvalue weighted by Gasteiger charge is -2.33. The fourth-order valence-electron chi connectivity index (χ4n) is 2.67. The molecule has 0 saturated heterocycles. The number of nitrogens with one attached hydrogen (secondary N) is 1. The number of aliphatic hydroxyl groups is 1. The van der Waals surface area contributed by atoms with Crippen LogP contribution < -0.4 is 5.32 Å². The maximum Gasteiger partial charge on any atom is 0.0587 e. The Morgan fingerprint density at radius 2 is 1.88 bits per heavy atom. The van der Waals surface area contributed by atoms with E-state index < -0.39 is 0 Å². The predicted molar refractivity (Wildman–Crippen MR) is 75.2 cm³/mol. The minimum Gasteiger partial charge on any atom is -0.395 e. The van der Waals surface area contributed by atoms with Crippen molar-refractivity contribution in [3.63, 3.8) is 0 Å². The zero-order valence-electron chi connectivity index (χ0n) is 11.3. The van der Waals surface area contributed by atoms with Gasteiger partial charge >= 0.3 is 0 Å². The van der Waals surface area contributed by atoms with Crippen LogP contribution in [0.1, 0.15) is 32.6 Å². The van der Waals surface area contributed by atoms with E-state index in [9.17, 15) is 5.11 Å². The van der Waals surface area contributed by atoms with Crippen molar-refractivity contribution in [2.45, 2.75) is 40.3 Å². The molecule has 98 valence electrons. The number of aliphatic hydroxyl groups excluding tert-OH is 1. The highest BCUT2D eigenvalue weighted by molar-refractivity contribution is 7.09. The summed E-state index contributed by atoms with van der Waals surface area (Å²) in [6, 6.07) is 4.39. The summed E-state index contributed by atoms with van der Waals surface area (Å²) in [7, 11) is 0. The Morgan fingerprint density at radius 1 is 1.24 bits per heavy atom. The van der Waals surface area contributed by atoms with E-state index in [0.29, 0.717) is 17.8 Å². The number of hydrogen-bond donors (Lipinski definition) is 2. The van der Waals surface area contributed by atoms with Crippen LogP contribution in [0.4, 0.5) is 0 Å². The average Bonchev–Trinajstić information content (AvgIpc) is 2.75. The summed E-state index contributed by atoms with van der Waals surface area (Å²) in [5, 5.41) is 15.1. The summed E-state index contributed by atoms with van der Waals surface area (Å²) in [6.45, 7) is 10.0. The molecule has 0 amide bonds. The Labute approximate surface area is 109 Å². The highest BCUT2D eigenvalue weighted by Gasteiger charge is 2.26. The van der Waals surface area contributed by atoms with E-state index in [4.69, 9.17) is 0 Å². The van der Waals surface area contributed by atoms with Crippen molar-refractivity contribution in [3.8, 4) is 0 Å². The van der Waals surface area contributed by atoms with Crippen molar-refractivity contribution in [3.05, 3.63) is 22.4 Å². The third-order valence-corrected chi connectivity index (χ3v) is 4.20. The normalized spacial score (nSPS) is 13.9. The van der Waals surface area contributed by atoms with E-state index in [1.807, 2.05) is 0 Å². The smallest absolute Gasteiger partial charge is 0.0587 e. The van der Waals surface area contributed by atoms with Crippen molar-refractivity contribution >= 4 is 11.3 Å². The van der Waals surface area contributed by atoms with E-state index in [1.54, 1.807) is 11.3 Å². The second-order valence-electron chi connectivity index (χ2n) is 5.31. The maximum atomic E-state index is 9.56. The van der Waals surface area contributed by atoms with Gasteiger partial charge in [0.2, 0.25) is 0 Å². The van der Waals surface area contributed by atoms with Gasteiger partial charge in [-0.25, -0.2) is 0 Å². The van der Waals surface area contributed by atoms with Gasteiger partial charge in [0.25, 0.3) is 0 Å². The summed E-state index contributed by atoms with van der Waals surface area (Å²) in [6.07, 6.45) is 0. The first kappa shape index (κ1) is 14.7. The number of rotatable bonds is 7. The van der Waals surface area contributed by atoms with Gasteiger partial charge in [0.05, 0.1) is 6.61 Å². The number of hydrogen-bond acceptors (Lipinski definition) is 3. The summed E-state index contributed by atoms with van der Waals surface area (Å²) >= 11 is 1.76. The maximum absolute atomic E-state index is 9.56. The largest absolute Gasteiger partial charge is 0.395 e. The second kappa shape index (κ2) is 7.14. The van der Waals surface area contributed by atoms with Crippen LogP contribution in [0.2, 0.25) is 0 Å². The van der Waals surface area contributed by atoms with E-state index >= 15 is 0 Å². The molecule has 0 aliphatic carbocycles. The summed E-state index contributed by atoms with van der Waals surface area (Å²) < 4.78 is 0. The molecule has 0 bridgehead atoms.